The summed E-state index contributed by atoms with van der Waals surface area (Å²) in [6.45, 7) is 2.13. The number of hydrogen-bond donors (Lipinski definition) is 2. The number of rotatable bonds is 3. The normalized spacial score (nSPS) is 12.5. The van der Waals surface area contributed by atoms with Gasteiger partial charge in [0.25, 0.3) is 17.5 Å². The number of aryl methyl sites for hydroxylation is 1. The molecule has 1 aliphatic heterocycles. The highest BCUT2D eigenvalue weighted by molar-refractivity contribution is 6.06. The van der Waals surface area contributed by atoms with Crippen LogP contribution in [0.4, 0.5) is 11.4 Å². The summed E-state index contributed by atoms with van der Waals surface area (Å²) in [6, 6.07) is 9.19. The quantitative estimate of drug-likeness (QED) is 0.671. The first-order valence-electron chi connectivity index (χ1n) is 6.93. The van der Waals surface area contributed by atoms with Crippen molar-refractivity contribution in [3.05, 3.63) is 68.8 Å². The summed E-state index contributed by atoms with van der Waals surface area (Å²) in [6.07, 6.45) is 0. The standard InChI is InChI=1S/C16H13N3O4/c1-9-6-12(19(22)23)4-5-13(9)16(21)18-11-3-2-10-8-17-15(20)14(10)7-11/h2-7H,8H2,1H3,(H,17,20)(H,18,21). The lowest BCUT2D eigenvalue weighted by molar-refractivity contribution is -0.384. The fourth-order valence-corrected chi connectivity index (χ4v) is 2.51. The molecule has 1 aliphatic rings. The SMILES string of the molecule is Cc1cc([N+](=O)[O-])ccc1C(=O)Nc1ccc2c(c1)C(=O)NC2. The van der Waals surface area contributed by atoms with Gasteiger partial charge in [-0.15, -0.1) is 0 Å². The van der Waals surface area contributed by atoms with Crippen molar-refractivity contribution in [1.82, 2.24) is 5.32 Å². The number of anilines is 1. The molecule has 1 heterocycles. The minimum Gasteiger partial charge on any atom is -0.348 e. The Morgan fingerprint density at radius 2 is 2.04 bits per heavy atom. The highest BCUT2D eigenvalue weighted by Crippen LogP contribution is 2.22. The van der Waals surface area contributed by atoms with E-state index >= 15 is 0 Å². The van der Waals surface area contributed by atoms with E-state index in [-0.39, 0.29) is 17.5 Å². The topological polar surface area (TPSA) is 101 Å². The van der Waals surface area contributed by atoms with E-state index in [1.807, 2.05) is 0 Å². The smallest absolute Gasteiger partial charge is 0.269 e. The van der Waals surface area contributed by atoms with Crippen molar-refractivity contribution < 1.29 is 14.5 Å². The van der Waals surface area contributed by atoms with E-state index in [1.165, 1.54) is 18.2 Å². The van der Waals surface area contributed by atoms with Crippen LogP contribution in [0.15, 0.2) is 36.4 Å². The monoisotopic (exact) mass is 311 g/mol. The van der Waals surface area contributed by atoms with Gasteiger partial charge in [-0.1, -0.05) is 6.07 Å². The van der Waals surface area contributed by atoms with E-state index in [0.29, 0.717) is 28.9 Å². The lowest BCUT2D eigenvalue weighted by Gasteiger charge is -2.08. The Morgan fingerprint density at radius 1 is 1.26 bits per heavy atom. The van der Waals surface area contributed by atoms with Crippen molar-refractivity contribution in [2.45, 2.75) is 13.5 Å². The zero-order valence-electron chi connectivity index (χ0n) is 12.3. The minimum atomic E-state index is -0.506. The molecule has 0 spiro atoms. The molecule has 0 aliphatic carbocycles. The maximum atomic E-state index is 12.3. The second kappa shape index (κ2) is 5.53. The molecule has 23 heavy (non-hydrogen) atoms. The highest BCUT2D eigenvalue weighted by atomic mass is 16.6. The van der Waals surface area contributed by atoms with Gasteiger partial charge in [-0.3, -0.25) is 19.7 Å². The Kier molecular flexibility index (Phi) is 3.53. The van der Waals surface area contributed by atoms with E-state index in [0.717, 1.165) is 5.56 Å². The molecule has 0 aromatic heterocycles. The molecule has 2 N–H and O–H groups in total. The number of carbonyl (C=O) groups is 2. The first kappa shape index (κ1) is 14.7. The Morgan fingerprint density at radius 3 is 2.74 bits per heavy atom. The van der Waals surface area contributed by atoms with Crippen LogP contribution in [0.5, 0.6) is 0 Å². The number of nitro groups is 1. The number of nitrogens with zero attached hydrogens (tertiary/aromatic N) is 1. The van der Waals surface area contributed by atoms with Gasteiger partial charge in [-0.25, -0.2) is 0 Å². The first-order valence-corrected chi connectivity index (χ1v) is 6.93. The van der Waals surface area contributed by atoms with Gasteiger partial charge in [-0.05, 0) is 36.2 Å². The molecule has 0 atom stereocenters. The van der Waals surface area contributed by atoms with E-state index in [4.69, 9.17) is 0 Å². The highest BCUT2D eigenvalue weighted by Gasteiger charge is 2.20. The third kappa shape index (κ3) is 2.76. The molecular formula is C16H13N3O4. The summed E-state index contributed by atoms with van der Waals surface area (Å²) < 4.78 is 0. The van der Waals surface area contributed by atoms with Gasteiger partial charge >= 0.3 is 0 Å². The van der Waals surface area contributed by atoms with E-state index in [9.17, 15) is 19.7 Å². The molecule has 7 heteroatoms. The van der Waals surface area contributed by atoms with Gasteiger partial charge in [-0.2, -0.15) is 0 Å². The van der Waals surface area contributed by atoms with Crippen LogP contribution in [0.1, 0.15) is 31.8 Å². The first-order chi connectivity index (χ1) is 11.0. The van der Waals surface area contributed by atoms with Crippen LogP contribution >= 0.6 is 0 Å². The van der Waals surface area contributed by atoms with E-state index in [2.05, 4.69) is 10.6 Å². The molecule has 0 saturated heterocycles. The third-order valence-corrected chi connectivity index (χ3v) is 3.72. The van der Waals surface area contributed by atoms with Crippen LogP contribution < -0.4 is 10.6 Å². The van der Waals surface area contributed by atoms with E-state index in [1.54, 1.807) is 25.1 Å². The largest absolute Gasteiger partial charge is 0.348 e. The predicted octanol–water partition coefficient (Wildman–Crippen LogP) is 2.40. The summed E-state index contributed by atoms with van der Waals surface area (Å²) in [5.41, 5.74) is 2.73. The van der Waals surface area contributed by atoms with Gasteiger partial charge in [0.1, 0.15) is 0 Å². The molecular weight excluding hydrogens is 298 g/mol. The Labute approximate surface area is 131 Å². The molecule has 2 aromatic rings. The number of nitro benzene ring substituents is 1. The zero-order valence-corrected chi connectivity index (χ0v) is 12.3. The molecule has 3 rings (SSSR count). The molecule has 7 nitrogen and oxygen atoms in total. The Hall–Kier alpha value is -3.22. The van der Waals surface area contributed by atoms with Crippen molar-refractivity contribution in [3.63, 3.8) is 0 Å². The van der Waals surface area contributed by atoms with Gasteiger partial charge in [0.15, 0.2) is 0 Å². The molecule has 0 unspecified atom stereocenters. The number of amides is 2. The Balaban J connectivity index is 1.84. The zero-order chi connectivity index (χ0) is 16.6. The van der Waals surface area contributed by atoms with Gasteiger partial charge < -0.3 is 10.6 Å². The van der Waals surface area contributed by atoms with Crippen molar-refractivity contribution in [3.8, 4) is 0 Å². The fraction of sp³-hybridized carbons (Fsp3) is 0.125. The summed E-state index contributed by atoms with van der Waals surface area (Å²) in [7, 11) is 0. The average molecular weight is 311 g/mol. The maximum absolute atomic E-state index is 12.3. The lowest BCUT2D eigenvalue weighted by atomic mass is 10.1. The average Bonchev–Trinajstić information content (AvgIpc) is 2.88. The van der Waals surface area contributed by atoms with Crippen molar-refractivity contribution in [1.29, 1.82) is 0 Å². The van der Waals surface area contributed by atoms with Gasteiger partial charge in [0.05, 0.1) is 4.92 Å². The number of fused-ring (bicyclic) bond motifs is 1. The molecule has 0 fully saturated rings. The van der Waals surface area contributed by atoms with Crippen LogP contribution in [-0.4, -0.2) is 16.7 Å². The third-order valence-electron chi connectivity index (χ3n) is 3.72. The van der Waals surface area contributed by atoms with Crippen molar-refractivity contribution >= 4 is 23.2 Å². The van der Waals surface area contributed by atoms with Crippen LogP contribution in [0.25, 0.3) is 0 Å². The molecule has 2 amide bonds. The summed E-state index contributed by atoms with van der Waals surface area (Å²) in [4.78, 5) is 34.2. The van der Waals surface area contributed by atoms with Crippen molar-refractivity contribution in [2.24, 2.45) is 0 Å². The predicted molar refractivity (Wildman–Crippen MR) is 83.4 cm³/mol. The number of benzene rings is 2. The van der Waals surface area contributed by atoms with Crippen LogP contribution in [0.2, 0.25) is 0 Å². The molecule has 2 aromatic carbocycles. The summed E-state index contributed by atoms with van der Waals surface area (Å²) in [5, 5.41) is 16.1. The van der Waals surface area contributed by atoms with Crippen LogP contribution in [0, 0.1) is 17.0 Å². The van der Waals surface area contributed by atoms with Gasteiger partial charge in [0.2, 0.25) is 0 Å². The van der Waals surface area contributed by atoms with Crippen LogP contribution in [-0.2, 0) is 6.54 Å². The minimum absolute atomic E-state index is 0.0618. The second-order valence-electron chi connectivity index (χ2n) is 5.27. The van der Waals surface area contributed by atoms with Crippen molar-refractivity contribution in [2.75, 3.05) is 5.32 Å². The molecule has 0 saturated carbocycles. The molecule has 116 valence electrons. The Bertz CT molecular complexity index is 845. The number of non-ortho nitro benzene ring substituents is 1. The molecule has 0 radical (unpaired) electrons. The fourth-order valence-electron chi connectivity index (χ4n) is 2.51. The van der Waals surface area contributed by atoms with Crippen LogP contribution in [0.3, 0.4) is 0 Å². The number of nitrogens with one attached hydrogen (secondary N) is 2. The number of hydrogen-bond acceptors (Lipinski definition) is 4. The summed E-state index contributed by atoms with van der Waals surface area (Å²) >= 11 is 0. The maximum Gasteiger partial charge on any atom is 0.269 e. The lowest BCUT2D eigenvalue weighted by Crippen LogP contribution is -2.14. The second-order valence-corrected chi connectivity index (χ2v) is 5.27. The van der Waals surface area contributed by atoms with Gasteiger partial charge in [0, 0.05) is 35.5 Å². The molecule has 0 bridgehead atoms. The summed E-state index contributed by atoms with van der Waals surface area (Å²) in [5.74, 6) is -0.543. The number of carbonyl (C=O) groups excluding carboxylic acids is 2. The van der Waals surface area contributed by atoms with E-state index < -0.39 is 4.92 Å².